The van der Waals surface area contributed by atoms with Crippen LogP contribution in [0.5, 0.6) is 0 Å². The van der Waals surface area contributed by atoms with Crippen LogP contribution in [-0.4, -0.2) is 36.5 Å². The van der Waals surface area contributed by atoms with Crippen LogP contribution in [0.4, 0.5) is 4.39 Å². The van der Waals surface area contributed by atoms with E-state index in [1.807, 2.05) is 6.92 Å². The Kier molecular flexibility index (Phi) is 5.54. The molecule has 1 N–H and O–H groups in total. The maximum atomic E-state index is 13.4. The van der Waals surface area contributed by atoms with Crippen molar-refractivity contribution in [2.24, 2.45) is 0 Å². The number of halogens is 2. The van der Waals surface area contributed by atoms with E-state index in [0.717, 1.165) is 19.6 Å². The van der Waals surface area contributed by atoms with Gasteiger partial charge in [0.1, 0.15) is 5.82 Å². The predicted molar refractivity (Wildman–Crippen MR) is 81.3 cm³/mol. The molecule has 0 aromatic heterocycles. The first-order valence-electron chi connectivity index (χ1n) is 7.05. The van der Waals surface area contributed by atoms with Gasteiger partial charge in [0.15, 0.2) is 0 Å². The van der Waals surface area contributed by atoms with Crippen LogP contribution in [0.1, 0.15) is 36.5 Å². The molecule has 1 atom stereocenters. The topological polar surface area (TPSA) is 32.3 Å². The highest BCUT2D eigenvalue weighted by Crippen LogP contribution is 2.20. The Morgan fingerprint density at radius 3 is 2.80 bits per heavy atom. The summed E-state index contributed by atoms with van der Waals surface area (Å²) >= 11 is 3.12. The van der Waals surface area contributed by atoms with Gasteiger partial charge in [-0.2, -0.15) is 0 Å². The summed E-state index contributed by atoms with van der Waals surface area (Å²) in [6.07, 6.45) is 3.76. The molecule has 1 unspecified atom stereocenters. The number of piperidine rings is 1. The standard InChI is InChI=1S/C15H20BrFN2O/c1-11(10-19-8-3-2-4-9-19)18-15(20)12-6-5-7-13(17)14(12)16/h5-7,11H,2-4,8-10H2,1H3,(H,18,20). The molecule has 2 rings (SSSR count). The molecule has 110 valence electrons. The third-order valence-corrected chi connectivity index (χ3v) is 4.36. The number of rotatable bonds is 4. The fraction of sp³-hybridized carbons (Fsp3) is 0.533. The maximum absolute atomic E-state index is 13.4. The lowest BCUT2D eigenvalue weighted by Gasteiger charge is -2.29. The van der Waals surface area contributed by atoms with Crippen LogP contribution in [0.2, 0.25) is 0 Å². The first kappa shape index (κ1) is 15.4. The second kappa shape index (κ2) is 7.18. The lowest BCUT2D eigenvalue weighted by molar-refractivity contribution is 0.0924. The third-order valence-electron chi connectivity index (χ3n) is 3.55. The molecule has 20 heavy (non-hydrogen) atoms. The molecule has 1 aromatic rings. The van der Waals surface area contributed by atoms with Crippen LogP contribution in [0, 0.1) is 5.82 Å². The van der Waals surface area contributed by atoms with Gasteiger partial charge in [-0.1, -0.05) is 12.5 Å². The van der Waals surface area contributed by atoms with Crippen LogP contribution in [0.15, 0.2) is 22.7 Å². The minimum atomic E-state index is -0.415. The fourth-order valence-corrected chi connectivity index (χ4v) is 3.00. The van der Waals surface area contributed by atoms with Crippen molar-refractivity contribution in [2.75, 3.05) is 19.6 Å². The summed E-state index contributed by atoms with van der Waals surface area (Å²) in [5, 5.41) is 2.93. The van der Waals surface area contributed by atoms with Crippen molar-refractivity contribution in [1.82, 2.24) is 10.2 Å². The Morgan fingerprint density at radius 1 is 1.40 bits per heavy atom. The van der Waals surface area contributed by atoms with Gasteiger partial charge in [0, 0.05) is 12.6 Å². The van der Waals surface area contributed by atoms with Gasteiger partial charge in [0.2, 0.25) is 0 Å². The molecule has 1 heterocycles. The molecule has 1 amide bonds. The van der Waals surface area contributed by atoms with E-state index in [2.05, 4.69) is 26.1 Å². The molecular formula is C15H20BrFN2O. The molecule has 1 aromatic carbocycles. The zero-order valence-electron chi connectivity index (χ0n) is 11.7. The summed E-state index contributed by atoms with van der Waals surface area (Å²) in [4.78, 5) is 14.5. The van der Waals surface area contributed by atoms with Crippen molar-refractivity contribution in [2.45, 2.75) is 32.2 Å². The summed E-state index contributed by atoms with van der Waals surface area (Å²) in [7, 11) is 0. The Morgan fingerprint density at radius 2 is 2.10 bits per heavy atom. The first-order valence-corrected chi connectivity index (χ1v) is 7.84. The largest absolute Gasteiger partial charge is 0.348 e. The van der Waals surface area contributed by atoms with E-state index in [-0.39, 0.29) is 16.4 Å². The number of likely N-dealkylation sites (tertiary alicyclic amines) is 1. The number of hydrogen-bond acceptors (Lipinski definition) is 2. The van der Waals surface area contributed by atoms with Crippen molar-refractivity contribution in [3.05, 3.63) is 34.1 Å². The molecular weight excluding hydrogens is 323 g/mol. The van der Waals surface area contributed by atoms with Gasteiger partial charge in [-0.15, -0.1) is 0 Å². The average Bonchev–Trinajstić information content (AvgIpc) is 2.42. The van der Waals surface area contributed by atoms with Crippen LogP contribution in [-0.2, 0) is 0 Å². The molecule has 0 aliphatic carbocycles. The minimum Gasteiger partial charge on any atom is -0.348 e. The van der Waals surface area contributed by atoms with E-state index < -0.39 is 5.82 Å². The van der Waals surface area contributed by atoms with Gasteiger partial charge >= 0.3 is 0 Å². The number of benzene rings is 1. The lowest BCUT2D eigenvalue weighted by Crippen LogP contribution is -2.43. The third kappa shape index (κ3) is 4.03. The van der Waals surface area contributed by atoms with E-state index in [1.165, 1.54) is 25.3 Å². The molecule has 3 nitrogen and oxygen atoms in total. The number of carbonyl (C=O) groups excluding carboxylic acids is 1. The Labute approximate surface area is 127 Å². The molecule has 0 bridgehead atoms. The highest BCUT2D eigenvalue weighted by Gasteiger charge is 2.18. The summed E-state index contributed by atoms with van der Waals surface area (Å²) in [5.41, 5.74) is 0.343. The molecule has 0 spiro atoms. The van der Waals surface area contributed by atoms with Crippen LogP contribution < -0.4 is 5.32 Å². The summed E-state index contributed by atoms with van der Waals surface area (Å²) in [6, 6.07) is 4.55. The highest BCUT2D eigenvalue weighted by atomic mass is 79.9. The van der Waals surface area contributed by atoms with Crippen molar-refractivity contribution in [1.29, 1.82) is 0 Å². The molecule has 1 aliphatic heterocycles. The molecule has 0 radical (unpaired) electrons. The smallest absolute Gasteiger partial charge is 0.252 e. The first-order chi connectivity index (χ1) is 9.58. The van der Waals surface area contributed by atoms with Gasteiger partial charge in [0.25, 0.3) is 5.91 Å². The predicted octanol–water partition coefficient (Wildman–Crippen LogP) is 3.19. The molecule has 1 fully saturated rings. The molecule has 1 saturated heterocycles. The summed E-state index contributed by atoms with van der Waals surface area (Å²) < 4.78 is 13.6. The van der Waals surface area contributed by atoms with Gasteiger partial charge < -0.3 is 10.2 Å². The monoisotopic (exact) mass is 342 g/mol. The van der Waals surface area contributed by atoms with Crippen molar-refractivity contribution in [3.8, 4) is 0 Å². The highest BCUT2D eigenvalue weighted by molar-refractivity contribution is 9.10. The van der Waals surface area contributed by atoms with Gasteiger partial charge in [-0.3, -0.25) is 4.79 Å². The SMILES string of the molecule is CC(CN1CCCCC1)NC(=O)c1cccc(F)c1Br. The second-order valence-electron chi connectivity index (χ2n) is 5.34. The summed E-state index contributed by atoms with van der Waals surface area (Å²) in [6.45, 7) is 5.03. The lowest BCUT2D eigenvalue weighted by atomic mass is 10.1. The quantitative estimate of drug-likeness (QED) is 0.911. The molecule has 1 aliphatic rings. The Balaban J connectivity index is 1.91. The molecule has 5 heteroatoms. The van der Waals surface area contributed by atoms with Crippen LogP contribution in [0.25, 0.3) is 0 Å². The Hall–Kier alpha value is -0.940. The van der Waals surface area contributed by atoms with Gasteiger partial charge in [0.05, 0.1) is 10.0 Å². The van der Waals surface area contributed by atoms with Gasteiger partial charge in [-0.05, 0) is 60.9 Å². The van der Waals surface area contributed by atoms with E-state index in [1.54, 1.807) is 12.1 Å². The van der Waals surface area contributed by atoms with E-state index in [4.69, 9.17) is 0 Å². The van der Waals surface area contributed by atoms with Crippen molar-refractivity contribution < 1.29 is 9.18 Å². The van der Waals surface area contributed by atoms with E-state index in [9.17, 15) is 9.18 Å². The van der Waals surface area contributed by atoms with E-state index in [0.29, 0.717) is 5.56 Å². The number of amides is 1. The number of carbonyl (C=O) groups is 1. The number of nitrogens with zero attached hydrogens (tertiary/aromatic N) is 1. The maximum Gasteiger partial charge on any atom is 0.252 e. The Bertz CT molecular complexity index is 475. The van der Waals surface area contributed by atoms with Crippen molar-refractivity contribution >= 4 is 21.8 Å². The zero-order chi connectivity index (χ0) is 14.5. The van der Waals surface area contributed by atoms with Crippen LogP contribution in [0.3, 0.4) is 0 Å². The van der Waals surface area contributed by atoms with Gasteiger partial charge in [-0.25, -0.2) is 4.39 Å². The van der Waals surface area contributed by atoms with Crippen molar-refractivity contribution in [3.63, 3.8) is 0 Å². The van der Waals surface area contributed by atoms with E-state index >= 15 is 0 Å². The fourth-order valence-electron chi connectivity index (χ4n) is 2.56. The molecule has 0 saturated carbocycles. The zero-order valence-corrected chi connectivity index (χ0v) is 13.2. The normalized spacial score (nSPS) is 17.8. The average molecular weight is 343 g/mol. The minimum absolute atomic E-state index is 0.0516. The summed E-state index contributed by atoms with van der Waals surface area (Å²) in [5.74, 6) is -0.651. The second-order valence-corrected chi connectivity index (χ2v) is 6.13. The number of nitrogens with one attached hydrogen (secondary N) is 1. The number of hydrogen-bond donors (Lipinski definition) is 1. The van der Waals surface area contributed by atoms with Crippen LogP contribution >= 0.6 is 15.9 Å².